The van der Waals surface area contributed by atoms with Crippen LogP contribution < -0.4 is 0 Å². The summed E-state index contributed by atoms with van der Waals surface area (Å²) in [5, 5.41) is 9.13. The molecule has 2 fully saturated rings. The minimum atomic E-state index is -0.907. The average Bonchev–Trinajstić information content (AvgIpc) is 2.72. The zero-order valence-corrected chi connectivity index (χ0v) is 10.7. The molecule has 1 atom stereocenters. The van der Waals surface area contributed by atoms with Gasteiger partial charge in [-0.1, -0.05) is 20.8 Å². The van der Waals surface area contributed by atoms with Gasteiger partial charge in [0.25, 0.3) is 0 Å². The topological polar surface area (TPSA) is 49.8 Å². The minimum Gasteiger partial charge on any atom is -0.479 e. The lowest BCUT2D eigenvalue weighted by Crippen LogP contribution is -2.37. The summed E-state index contributed by atoms with van der Waals surface area (Å²) in [7, 11) is 0. The smallest absolute Gasteiger partial charge is 0.338 e. The van der Waals surface area contributed by atoms with Crippen molar-refractivity contribution >= 4 is 5.97 Å². The summed E-state index contributed by atoms with van der Waals surface area (Å²) in [6.07, 6.45) is 3.98. The second kappa shape index (κ2) is 3.22. The second-order valence-electron chi connectivity index (χ2n) is 6.58. The monoisotopic (exact) mass is 226 g/mol. The molecular formula is C13H22O3. The highest BCUT2D eigenvalue weighted by atomic mass is 16.6. The first-order valence-electron chi connectivity index (χ1n) is 6.15. The third-order valence-corrected chi connectivity index (χ3v) is 4.65. The molecule has 1 heterocycles. The Hall–Kier alpha value is -0.570. The van der Waals surface area contributed by atoms with E-state index in [0.29, 0.717) is 11.3 Å². The van der Waals surface area contributed by atoms with E-state index in [9.17, 15) is 4.79 Å². The van der Waals surface area contributed by atoms with Crippen LogP contribution in [0, 0.1) is 11.3 Å². The van der Waals surface area contributed by atoms with Gasteiger partial charge >= 0.3 is 5.97 Å². The number of ether oxygens (including phenoxy) is 1. The Morgan fingerprint density at radius 2 is 1.81 bits per heavy atom. The van der Waals surface area contributed by atoms with Crippen molar-refractivity contribution in [2.75, 3.05) is 0 Å². The lowest BCUT2D eigenvalue weighted by Gasteiger charge is -2.36. The van der Waals surface area contributed by atoms with Gasteiger partial charge in [0.05, 0.1) is 0 Å². The summed E-state index contributed by atoms with van der Waals surface area (Å²) in [5.74, 6) is -0.109. The average molecular weight is 226 g/mol. The fourth-order valence-electron chi connectivity index (χ4n) is 3.13. The Balaban J connectivity index is 2.00. The number of rotatable bonds is 1. The number of carboxylic acids is 1. The lowest BCUT2D eigenvalue weighted by molar-refractivity contribution is -0.142. The highest BCUT2D eigenvalue weighted by Crippen LogP contribution is 2.58. The van der Waals surface area contributed by atoms with E-state index in [0.717, 1.165) is 25.7 Å². The van der Waals surface area contributed by atoms with Crippen LogP contribution in [0.3, 0.4) is 0 Å². The first-order valence-corrected chi connectivity index (χ1v) is 6.15. The standard InChI is InChI=1S/C13H22O3/c1-11(2,3)9-5-7-13(8-6-9)12(4,16-13)10(14)15/h9H,5-8H2,1-4H3,(H,14,15). The van der Waals surface area contributed by atoms with Crippen molar-refractivity contribution in [2.45, 2.75) is 64.6 Å². The van der Waals surface area contributed by atoms with E-state index in [4.69, 9.17) is 9.84 Å². The number of hydrogen-bond donors (Lipinski definition) is 1. The minimum absolute atomic E-state index is 0.329. The normalized spacial score (nSPS) is 43.4. The van der Waals surface area contributed by atoms with Crippen LogP contribution >= 0.6 is 0 Å². The van der Waals surface area contributed by atoms with E-state index < -0.39 is 11.6 Å². The van der Waals surface area contributed by atoms with Crippen molar-refractivity contribution in [2.24, 2.45) is 11.3 Å². The summed E-state index contributed by atoms with van der Waals surface area (Å²) in [6, 6.07) is 0. The molecule has 1 unspecified atom stereocenters. The number of hydrogen-bond acceptors (Lipinski definition) is 2. The molecule has 16 heavy (non-hydrogen) atoms. The Kier molecular flexibility index (Phi) is 2.40. The van der Waals surface area contributed by atoms with E-state index >= 15 is 0 Å². The van der Waals surface area contributed by atoms with E-state index in [-0.39, 0.29) is 5.60 Å². The van der Waals surface area contributed by atoms with Crippen molar-refractivity contribution in [1.29, 1.82) is 0 Å². The van der Waals surface area contributed by atoms with Crippen LogP contribution in [0.1, 0.15) is 53.4 Å². The van der Waals surface area contributed by atoms with Gasteiger partial charge in [0.1, 0.15) is 5.60 Å². The number of carbonyl (C=O) groups is 1. The van der Waals surface area contributed by atoms with Gasteiger partial charge in [-0.2, -0.15) is 0 Å². The summed E-state index contributed by atoms with van der Waals surface area (Å²) in [5.41, 5.74) is -0.924. The maximum Gasteiger partial charge on any atom is 0.338 e. The Labute approximate surface area is 97.2 Å². The summed E-state index contributed by atoms with van der Waals surface area (Å²) < 4.78 is 5.56. The van der Waals surface area contributed by atoms with Crippen LogP contribution in [0.15, 0.2) is 0 Å². The first-order chi connectivity index (χ1) is 7.21. The van der Waals surface area contributed by atoms with Gasteiger partial charge in [-0.25, -0.2) is 4.79 Å². The predicted molar refractivity (Wildman–Crippen MR) is 61.3 cm³/mol. The van der Waals surface area contributed by atoms with E-state index in [1.54, 1.807) is 6.92 Å². The maximum atomic E-state index is 11.1. The third kappa shape index (κ3) is 1.56. The molecule has 3 heteroatoms. The van der Waals surface area contributed by atoms with Gasteiger partial charge in [0.15, 0.2) is 5.60 Å². The van der Waals surface area contributed by atoms with Gasteiger partial charge in [-0.05, 0) is 43.9 Å². The second-order valence-corrected chi connectivity index (χ2v) is 6.58. The molecule has 0 aromatic rings. The van der Waals surface area contributed by atoms with Crippen LogP contribution in [0.5, 0.6) is 0 Å². The predicted octanol–water partition coefficient (Wildman–Crippen LogP) is 2.84. The van der Waals surface area contributed by atoms with Crippen molar-refractivity contribution in [3.8, 4) is 0 Å². The van der Waals surface area contributed by atoms with Gasteiger partial charge in [0, 0.05) is 0 Å². The van der Waals surface area contributed by atoms with E-state index in [1.807, 2.05) is 0 Å². The highest BCUT2D eigenvalue weighted by Gasteiger charge is 2.72. The van der Waals surface area contributed by atoms with E-state index in [1.165, 1.54) is 0 Å². The molecule has 1 aliphatic carbocycles. The first kappa shape index (κ1) is 11.9. The van der Waals surface area contributed by atoms with Crippen molar-refractivity contribution < 1.29 is 14.6 Å². The molecule has 0 amide bonds. The van der Waals surface area contributed by atoms with Crippen molar-refractivity contribution in [3.63, 3.8) is 0 Å². The van der Waals surface area contributed by atoms with Gasteiger partial charge < -0.3 is 9.84 Å². The Morgan fingerprint density at radius 3 is 2.12 bits per heavy atom. The molecule has 2 aliphatic rings. The molecule has 1 N–H and O–H groups in total. The molecule has 0 aromatic heterocycles. The molecule has 1 aliphatic heterocycles. The summed E-state index contributed by atoms with van der Waals surface area (Å²) in [6.45, 7) is 8.51. The molecule has 92 valence electrons. The zero-order chi connectivity index (χ0) is 12.2. The lowest BCUT2D eigenvalue weighted by atomic mass is 9.67. The van der Waals surface area contributed by atoms with Gasteiger partial charge in [0.2, 0.25) is 0 Å². The Bertz CT molecular complexity index is 308. The molecule has 2 rings (SSSR count). The molecule has 1 saturated heterocycles. The van der Waals surface area contributed by atoms with Crippen molar-refractivity contribution in [1.82, 2.24) is 0 Å². The fraction of sp³-hybridized carbons (Fsp3) is 0.923. The molecule has 3 nitrogen and oxygen atoms in total. The van der Waals surface area contributed by atoms with Crippen LogP contribution in [-0.2, 0) is 9.53 Å². The molecular weight excluding hydrogens is 204 g/mol. The van der Waals surface area contributed by atoms with Gasteiger partial charge in [-0.15, -0.1) is 0 Å². The SMILES string of the molecule is CC(C)(C)C1CCC2(CC1)OC2(C)C(=O)O. The fourth-order valence-corrected chi connectivity index (χ4v) is 3.13. The summed E-state index contributed by atoms with van der Waals surface area (Å²) >= 11 is 0. The summed E-state index contributed by atoms with van der Waals surface area (Å²) in [4.78, 5) is 11.1. The van der Waals surface area contributed by atoms with E-state index in [2.05, 4.69) is 20.8 Å². The zero-order valence-electron chi connectivity index (χ0n) is 10.7. The molecule has 0 bridgehead atoms. The molecule has 1 spiro atoms. The van der Waals surface area contributed by atoms with Crippen LogP contribution in [0.4, 0.5) is 0 Å². The molecule has 0 radical (unpaired) electrons. The highest BCUT2D eigenvalue weighted by molar-refractivity contribution is 5.82. The van der Waals surface area contributed by atoms with Gasteiger partial charge in [-0.3, -0.25) is 0 Å². The largest absolute Gasteiger partial charge is 0.479 e. The number of aliphatic carboxylic acids is 1. The quantitative estimate of drug-likeness (QED) is 0.699. The van der Waals surface area contributed by atoms with Crippen LogP contribution in [-0.4, -0.2) is 22.3 Å². The Morgan fingerprint density at radius 1 is 1.31 bits per heavy atom. The van der Waals surface area contributed by atoms with Crippen LogP contribution in [0.25, 0.3) is 0 Å². The molecule has 0 aromatic carbocycles. The van der Waals surface area contributed by atoms with Crippen molar-refractivity contribution in [3.05, 3.63) is 0 Å². The maximum absolute atomic E-state index is 11.1. The molecule has 1 saturated carbocycles. The third-order valence-electron chi connectivity index (χ3n) is 4.65. The number of carboxylic acid groups (broad SMARTS) is 1. The van der Waals surface area contributed by atoms with Crippen LogP contribution in [0.2, 0.25) is 0 Å². The number of epoxide rings is 1.